The summed E-state index contributed by atoms with van der Waals surface area (Å²) >= 11 is 0. The van der Waals surface area contributed by atoms with E-state index >= 15 is 0 Å². The van der Waals surface area contributed by atoms with Gasteiger partial charge in [0.25, 0.3) is 11.1 Å². The molecule has 0 amide bonds. The highest BCUT2D eigenvalue weighted by atomic mass is 16.5. The first-order valence-corrected chi connectivity index (χ1v) is 14.7. The highest BCUT2D eigenvalue weighted by molar-refractivity contribution is 5.16. The molecule has 244 valence electrons. The molecule has 2 aromatic heterocycles. The fraction of sp³-hybridized carbons (Fsp3) is 0.688. The summed E-state index contributed by atoms with van der Waals surface area (Å²) < 4.78 is 1.54. The van der Waals surface area contributed by atoms with Crippen molar-refractivity contribution >= 4 is 0 Å². The van der Waals surface area contributed by atoms with Gasteiger partial charge in [-0.3, -0.25) is 9.59 Å². The molecule has 8 N–H and O–H groups in total. The van der Waals surface area contributed by atoms with Crippen LogP contribution in [0.15, 0.2) is 33.9 Å². The van der Waals surface area contributed by atoms with Crippen molar-refractivity contribution in [2.75, 3.05) is 26.3 Å². The molecule has 2 rings (SSSR count). The number of hydrogen-bond donors (Lipinski definition) is 6. The second-order valence-corrected chi connectivity index (χ2v) is 13.5. The fourth-order valence-electron chi connectivity index (χ4n) is 4.77. The standard InChI is InChI=1S/2C14H23NO2.2C2H7NO/c2*1-10-6-12(15(17)13(16)8-10)7-11(2)9-14(3,4)5;2*3-1-2-4/h2*6,8,11,17H,7,9H2,1-5H3;2*4H,1-3H2. The van der Waals surface area contributed by atoms with Crippen molar-refractivity contribution in [1.29, 1.82) is 0 Å². The van der Waals surface area contributed by atoms with Gasteiger partial charge >= 0.3 is 0 Å². The first kappa shape index (κ1) is 41.5. The molecule has 10 heteroatoms. The number of aliphatic hydroxyl groups is 2. The molecule has 42 heavy (non-hydrogen) atoms. The zero-order chi connectivity index (χ0) is 33.3. The highest BCUT2D eigenvalue weighted by Gasteiger charge is 2.18. The first-order chi connectivity index (χ1) is 19.2. The minimum Gasteiger partial charge on any atom is -0.425 e. The van der Waals surface area contributed by atoms with Crippen molar-refractivity contribution in [3.05, 3.63) is 67.5 Å². The molecule has 0 aliphatic carbocycles. The van der Waals surface area contributed by atoms with Crippen molar-refractivity contribution < 1.29 is 20.6 Å². The van der Waals surface area contributed by atoms with Crippen LogP contribution in [0.1, 0.15) is 90.7 Å². The quantitative estimate of drug-likeness (QED) is 0.249. The number of aryl methyl sites for hydroxylation is 2. The summed E-state index contributed by atoms with van der Waals surface area (Å²) in [6.07, 6.45) is 3.58. The minimum absolute atomic E-state index is 0.0972. The third-order valence-electron chi connectivity index (χ3n) is 5.75. The SMILES string of the molecule is Cc1cc(CC(C)CC(C)(C)C)n(O)c(=O)c1.Cc1cc(CC(C)CC(C)(C)C)n(O)c(=O)c1.NCCO.NCCO. The van der Waals surface area contributed by atoms with Gasteiger partial charge in [0.15, 0.2) is 0 Å². The predicted octanol–water partition coefficient (Wildman–Crippen LogP) is 3.89. The number of aliphatic hydroxyl groups excluding tert-OH is 2. The van der Waals surface area contributed by atoms with E-state index in [9.17, 15) is 20.0 Å². The zero-order valence-corrected chi connectivity index (χ0v) is 27.8. The van der Waals surface area contributed by atoms with E-state index in [1.807, 2.05) is 26.0 Å². The maximum atomic E-state index is 11.4. The molecular formula is C32H60N4O6. The van der Waals surface area contributed by atoms with Gasteiger partial charge < -0.3 is 32.1 Å². The summed E-state index contributed by atoms with van der Waals surface area (Å²) in [5.41, 5.74) is 12.6. The van der Waals surface area contributed by atoms with Crippen LogP contribution in [0.25, 0.3) is 0 Å². The Morgan fingerprint density at radius 2 is 0.929 bits per heavy atom. The van der Waals surface area contributed by atoms with Gasteiger partial charge in [0.2, 0.25) is 0 Å². The summed E-state index contributed by atoms with van der Waals surface area (Å²) in [6.45, 7) is 22.2. The number of hydrogen-bond acceptors (Lipinski definition) is 8. The topological polar surface area (TPSA) is 177 Å². The maximum Gasteiger partial charge on any atom is 0.283 e. The van der Waals surface area contributed by atoms with Crippen LogP contribution in [0.3, 0.4) is 0 Å². The van der Waals surface area contributed by atoms with Crippen LogP contribution in [-0.4, -0.2) is 56.4 Å². The molecule has 0 bridgehead atoms. The molecule has 2 aromatic rings. The van der Waals surface area contributed by atoms with Gasteiger partial charge in [0.05, 0.1) is 24.6 Å². The number of rotatable bonds is 8. The fourth-order valence-corrected chi connectivity index (χ4v) is 4.77. The van der Waals surface area contributed by atoms with E-state index in [0.717, 1.165) is 46.3 Å². The Balaban J connectivity index is 0. The highest BCUT2D eigenvalue weighted by Crippen LogP contribution is 2.27. The molecule has 0 saturated carbocycles. The summed E-state index contributed by atoms with van der Waals surface area (Å²) in [4.78, 5) is 22.9. The van der Waals surface area contributed by atoms with E-state index in [0.29, 0.717) is 36.3 Å². The number of aromatic nitrogens is 2. The van der Waals surface area contributed by atoms with Gasteiger partial charge in [-0.25, -0.2) is 0 Å². The second-order valence-electron chi connectivity index (χ2n) is 13.5. The molecule has 2 atom stereocenters. The van der Waals surface area contributed by atoms with E-state index in [1.54, 1.807) is 0 Å². The molecule has 0 aromatic carbocycles. The Bertz CT molecular complexity index is 1040. The third kappa shape index (κ3) is 20.3. The lowest BCUT2D eigenvalue weighted by Gasteiger charge is -2.23. The van der Waals surface area contributed by atoms with Crippen LogP contribution < -0.4 is 22.6 Å². The lowest BCUT2D eigenvalue weighted by Crippen LogP contribution is -2.23. The molecule has 0 fully saturated rings. The van der Waals surface area contributed by atoms with Gasteiger partial charge in [0.1, 0.15) is 0 Å². The lowest BCUT2D eigenvalue weighted by molar-refractivity contribution is 0.160. The summed E-state index contributed by atoms with van der Waals surface area (Å²) in [6, 6.07) is 6.64. The average Bonchev–Trinajstić information content (AvgIpc) is 2.83. The second kappa shape index (κ2) is 20.3. The number of pyridine rings is 2. The zero-order valence-electron chi connectivity index (χ0n) is 27.8. The van der Waals surface area contributed by atoms with E-state index in [1.165, 1.54) is 12.1 Å². The van der Waals surface area contributed by atoms with Gasteiger partial charge in [0, 0.05) is 25.2 Å². The van der Waals surface area contributed by atoms with Crippen LogP contribution in [0.4, 0.5) is 0 Å². The molecule has 10 nitrogen and oxygen atoms in total. The van der Waals surface area contributed by atoms with Crippen LogP contribution in [-0.2, 0) is 12.8 Å². The molecule has 0 aliphatic rings. The van der Waals surface area contributed by atoms with Gasteiger partial charge in [-0.1, -0.05) is 55.4 Å². The maximum absolute atomic E-state index is 11.4. The smallest absolute Gasteiger partial charge is 0.283 e. The molecule has 0 aliphatic heterocycles. The van der Waals surface area contributed by atoms with E-state index < -0.39 is 0 Å². The summed E-state index contributed by atoms with van der Waals surface area (Å²) in [7, 11) is 0. The van der Waals surface area contributed by atoms with Gasteiger partial charge in [-0.2, -0.15) is 9.46 Å². The van der Waals surface area contributed by atoms with Crippen LogP contribution in [0.5, 0.6) is 0 Å². The summed E-state index contributed by atoms with van der Waals surface area (Å²) in [5, 5.41) is 34.8. The third-order valence-corrected chi connectivity index (χ3v) is 5.75. The predicted molar refractivity (Wildman–Crippen MR) is 171 cm³/mol. The minimum atomic E-state index is -0.344. The van der Waals surface area contributed by atoms with E-state index in [2.05, 4.69) is 55.4 Å². The van der Waals surface area contributed by atoms with Gasteiger partial charge in [-0.15, -0.1) is 0 Å². The van der Waals surface area contributed by atoms with Crippen LogP contribution >= 0.6 is 0 Å². The Morgan fingerprint density at radius 1 is 0.667 bits per heavy atom. The Morgan fingerprint density at radius 3 is 1.14 bits per heavy atom. The molecule has 2 heterocycles. The lowest BCUT2D eigenvalue weighted by atomic mass is 9.83. The molecular weight excluding hydrogens is 536 g/mol. The average molecular weight is 597 g/mol. The monoisotopic (exact) mass is 596 g/mol. The van der Waals surface area contributed by atoms with Gasteiger partial charge in [-0.05, 0) is 85.5 Å². The summed E-state index contributed by atoms with van der Waals surface area (Å²) in [5.74, 6) is 0.879. The van der Waals surface area contributed by atoms with Crippen molar-refractivity contribution in [1.82, 2.24) is 9.46 Å². The van der Waals surface area contributed by atoms with Crippen molar-refractivity contribution in [3.63, 3.8) is 0 Å². The Labute approximate surface area is 252 Å². The molecule has 0 saturated heterocycles. The van der Waals surface area contributed by atoms with Crippen LogP contribution in [0.2, 0.25) is 0 Å². The molecule has 0 radical (unpaired) electrons. The van der Waals surface area contributed by atoms with E-state index in [4.69, 9.17) is 21.7 Å². The number of nitrogens with zero attached hydrogens (tertiary/aromatic N) is 2. The van der Waals surface area contributed by atoms with Crippen molar-refractivity contribution in [2.45, 2.75) is 94.9 Å². The molecule has 2 unspecified atom stereocenters. The normalized spacial score (nSPS) is 12.5. The largest absolute Gasteiger partial charge is 0.425 e. The molecule has 0 spiro atoms. The Kier molecular flexibility index (Phi) is 20.0. The Hall–Kier alpha value is -2.66. The van der Waals surface area contributed by atoms with Crippen molar-refractivity contribution in [3.8, 4) is 0 Å². The van der Waals surface area contributed by atoms with E-state index in [-0.39, 0.29) is 35.2 Å². The van der Waals surface area contributed by atoms with Crippen LogP contribution in [0, 0.1) is 36.5 Å². The van der Waals surface area contributed by atoms with Crippen molar-refractivity contribution in [2.24, 2.45) is 34.1 Å². The first-order valence-electron chi connectivity index (χ1n) is 14.7. The number of nitrogens with two attached hydrogens (primary N) is 2.